The van der Waals surface area contributed by atoms with Gasteiger partial charge in [0.15, 0.2) is 0 Å². The Morgan fingerprint density at radius 1 is 0.926 bits per heavy atom. The molecule has 2 atom stereocenters. The van der Waals surface area contributed by atoms with Gasteiger partial charge in [0.2, 0.25) is 0 Å². The first-order valence-corrected chi connectivity index (χ1v) is 23.3. The first kappa shape index (κ1) is 39.4. The van der Waals surface area contributed by atoms with E-state index in [2.05, 4.69) is 190 Å². The molecule has 6 rings (SSSR count). The third-order valence-corrected chi connectivity index (χ3v) is 17.0. The van der Waals surface area contributed by atoms with Crippen molar-refractivity contribution < 1.29 is 0 Å². The van der Waals surface area contributed by atoms with Crippen molar-refractivity contribution >= 4 is 29.3 Å². The molecule has 3 aromatic carbocycles. The number of benzene rings is 3. The fraction of sp³-hybridized carbons (Fsp3) is 0.321. The van der Waals surface area contributed by atoms with Gasteiger partial charge in [0, 0.05) is 0 Å². The maximum absolute atomic E-state index is 4.82. The molecule has 0 saturated carbocycles. The van der Waals surface area contributed by atoms with Crippen LogP contribution in [0.25, 0.3) is 27.8 Å². The van der Waals surface area contributed by atoms with E-state index in [9.17, 15) is 0 Å². The van der Waals surface area contributed by atoms with Crippen LogP contribution in [0.15, 0.2) is 150 Å². The van der Waals surface area contributed by atoms with Gasteiger partial charge in [-0.05, 0) is 0 Å². The molecule has 0 saturated heterocycles. The van der Waals surface area contributed by atoms with Crippen LogP contribution in [0.3, 0.4) is 0 Å². The van der Waals surface area contributed by atoms with Gasteiger partial charge in [0.1, 0.15) is 0 Å². The van der Waals surface area contributed by atoms with Gasteiger partial charge in [-0.1, -0.05) is 0 Å². The summed E-state index contributed by atoms with van der Waals surface area (Å²) >= 11 is 0. The fourth-order valence-corrected chi connectivity index (χ4v) is 11.3. The van der Waals surface area contributed by atoms with E-state index in [1.807, 2.05) is 0 Å². The number of allylic oxidation sites excluding steroid dienone is 17. The molecule has 0 amide bonds. The molecule has 3 aromatic rings. The molecule has 2 bridgehead atoms. The van der Waals surface area contributed by atoms with E-state index < -0.39 is 7.26 Å². The summed E-state index contributed by atoms with van der Waals surface area (Å²) in [5.74, 6) is 0.350. The first-order valence-electron chi connectivity index (χ1n) is 20.2. The summed E-state index contributed by atoms with van der Waals surface area (Å²) in [6.07, 6.45) is 27.4. The second-order valence-electron chi connectivity index (χ2n) is 17.6. The van der Waals surface area contributed by atoms with Gasteiger partial charge >= 0.3 is 330 Å². The number of rotatable bonds is 10. The van der Waals surface area contributed by atoms with Crippen LogP contribution >= 0.6 is 7.26 Å². The summed E-state index contributed by atoms with van der Waals surface area (Å²) in [6.45, 7) is 28.6. The van der Waals surface area contributed by atoms with Crippen molar-refractivity contribution in [3.63, 3.8) is 0 Å². The molecule has 0 aliphatic heterocycles. The topological polar surface area (TPSA) is 0 Å². The van der Waals surface area contributed by atoms with E-state index >= 15 is 0 Å². The van der Waals surface area contributed by atoms with Crippen LogP contribution in [0.4, 0.5) is 0 Å². The molecule has 0 fully saturated rings. The second-order valence-corrected chi connectivity index (χ2v) is 22.6. The van der Waals surface area contributed by atoms with E-state index in [0.29, 0.717) is 11.6 Å². The van der Waals surface area contributed by atoms with Crippen molar-refractivity contribution in [1.29, 1.82) is 0 Å². The Bertz CT molecular complexity index is 2170. The van der Waals surface area contributed by atoms with E-state index in [0.717, 1.165) is 31.3 Å². The summed E-state index contributed by atoms with van der Waals surface area (Å²) in [5.41, 5.74) is 19.6. The molecule has 0 aromatic heterocycles. The SMILES string of the molecule is C=C(/C=C\C(=C/C)c1ccccc1)c1cc2c(cc1[PH](C)(C)C(C)C/C(C)=C\C=C(/C)C1=CC=CCC1)-c1ccc(C(C)(C)C)cc1C1=C(C)C2CC=C1. The van der Waals surface area contributed by atoms with Crippen molar-refractivity contribution in [2.45, 2.75) is 98.1 Å². The molecule has 1 heteroatoms. The van der Waals surface area contributed by atoms with Gasteiger partial charge in [-0.25, -0.2) is 0 Å². The zero-order chi connectivity index (χ0) is 38.8. The maximum atomic E-state index is 4.82. The van der Waals surface area contributed by atoms with Gasteiger partial charge < -0.3 is 0 Å². The number of hydrogen-bond donors (Lipinski definition) is 0. The van der Waals surface area contributed by atoms with Gasteiger partial charge in [-0.15, -0.1) is 0 Å². The van der Waals surface area contributed by atoms with Crippen molar-refractivity contribution in [1.82, 2.24) is 0 Å². The van der Waals surface area contributed by atoms with Gasteiger partial charge in [-0.3, -0.25) is 0 Å². The molecular weight excluding hydrogens is 668 g/mol. The van der Waals surface area contributed by atoms with Crippen LogP contribution in [0, 0.1) is 0 Å². The third-order valence-electron chi connectivity index (χ3n) is 12.6. The Kier molecular flexibility index (Phi) is 11.9. The first-order chi connectivity index (χ1) is 25.7. The molecule has 0 heterocycles. The fourth-order valence-electron chi connectivity index (χ4n) is 8.53. The molecule has 3 aliphatic rings. The monoisotopic (exact) mass is 730 g/mol. The van der Waals surface area contributed by atoms with Crippen LogP contribution in [0.5, 0.6) is 0 Å². The van der Waals surface area contributed by atoms with Crippen molar-refractivity contribution in [3.8, 4) is 11.1 Å². The molecule has 54 heavy (non-hydrogen) atoms. The Labute approximate surface area is 328 Å². The summed E-state index contributed by atoms with van der Waals surface area (Å²) < 4.78 is 0. The Balaban J connectivity index is 1.48. The van der Waals surface area contributed by atoms with Crippen LogP contribution < -0.4 is 5.30 Å². The van der Waals surface area contributed by atoms with Crippen molar-refractivity contribution in [2.24, 2.45) is 0 Å². The Hall–Kier alpha value is -4.25. The standard InChI is InChI=1S/C53H63P/c1-12-41(43-22-17-14-18-23-43)29-28-38(4)48-34-50-46-25-19-24-45(40(46)6)49-33-44(53(7,8)9)30-31-47(49)51(50)35-52(48)54(10,11)39(5)32-36(2)26-27-37(3)42-20-15-13-16-21-42/h12-15,17-20,22-24,26-31,33-35,39,46,54H,4,16,21,25,32H2,1-3,5-11H3/b29-28-,36-26-,37-27+,41-12+. The van der Waals surface area contributed by atoms with E-state index in [4.69, 9.17) is 6.58 Å². The molecular formula is C53H63P. The minimum absolute atomic E-state index is 0.0783. The normalized spacial score (nSPS) is 18.7. The average Bonchev–Trinajstić information content (AvgIpc) is 3.20. The molecule has 0 spiro atoms. The van der Waals surface area contributed by atoms with Crippen LogP contribution in [-0.4, -0.2) is 19.0 Å². The van der Waals surface area contributed by atoms with Crippen molar-refractivity contribution in [3.05, 3.63) is 178 Å². The van der Waals surface area contributed by atoms with Gasteiger partial charge in [-0.2, -0.15) is 0 Å². The minimum atomic E-state index is -2.08. The molecule has 0 N–H and O–H groups in total. The quantitative estimate of drug-likeness (QED) is 0.144. The number of hydrogen-bond acceptors (Lipinski definition) is 0. The zero-order valence-corrected chi connectivity index (χ0v) is 35.7. The summed E-state index contributed by atoms with van der Waals surface area (Å²) in [5, 5.41) is 1.52. The van der Waals surface area contributed by atoms with Gasteiger partial charge in [0.25, 0.3) is 0 Å². The van der Waals surface area contributed by atoms with Crippen molar-refractivity contribution in [2.75, 3.05) is 13.3 Å². The molecule has 3 aliphatic carbocycles. The molecule has 0 radical (unpaired) electrons. The summed E-state index contributed by atoms with van der Waals surface area (Å²) in [7, 11) is -2.08. The van der Waals surface area contributed by atoms with Crippen LogP contribution in [-0.2, 0) is 5.41 Å². The summed E-state index contributed by atoms with van der Waals surface area (Å²) in [6, 6.07) is 23.2. The van der Waals surface area contributed by atoms with Crippen LogP contribution in [0.2, 0.25) is 0 Å². The van der Waals surface area contributed by atoms with E-state index in [1.165, 1.54) is 77.7 Å². The third kappa shape index (κ3) is 8.21. The Morgan fingerprint density at radius 3 is 2.37 bits per heavy atom. The van der Waals surface area contributed by atoms with Crippen LogP contribution in [0.1, 0.15) is 115 Å². The van der Waals surface area contributed by atoms with E-state index in [-0.39, 0.29) is 5.41 Å². The number of fused-ring (bicyclic) bond motifs is 6. The molecule has 280 valence electrons. The van der Waals surface area contributed by atoms with Gasteiger partial charge in [0.05, 0.1) is 0 Å². The zero-order valence-electron chi connectivity index (χ0n) is 34.7. The molecule has 2 unspecified atom stereocenters. The summed E-state index contributed by atoms with van der Waals surface area (Å²) in [4.78, 5) is 0. The predicted octanol–water partition coefficient (Wildman–Crippen LogP) is 14.7. The molecule has 0 nitrogen and oxygen atoms in total. The average molecular weight is 731 g/mol. The second kappa shape index (κ2) is 16.2. The predicted molar refractivity (Wildman–Crippen MR) is 246 cm³/mol. The Morgan fingerprint density at radius 2 is 1.69 bits per heavy atom. The van der Waals surface area contributed by atoms with E-state index in [1.54, 1.807) is 0 Å².